The van der Waals surface area contributed by atoms with Crippen LogP contribution >= 0.6 is 0 Å². The van der Waals surface area contributed by atoms with E-state index in [-0.39, 0.29) is 11.9 Å². The topological polar surface area (TPSA) is 120 Å². The van der Waals surface area contributed by atoms with Crippen molar-refractivity contribution in [1.29, 1.82) is 0 Å². The highest BCUT2D eigenvalue weighted by atomic mass is 16.2. The molecule has 1 amide bonds. The van der Waals surface area contributed by atoms with Crippen LogP contribution in [-0.2, 0) is 18.3 Å². The lowest BCUT2D eigenvalue weighted by molar-refractivity contribution is -0.122. The number of aromatic nitrogens is 6. The predicted octanol–water partition coefficient (Wildman–Crippen LogP) is 3.33. The van der Waals surface area contributed by atoms with Crippen molar-refractivity contribution in [1.82, 2.24) is 39.5 Å². The molecule has 4 aromatic rings. The molecular formula is C27H36N10O. The normalized spacial score (nSPS) is 15.6. The van der Waals surface area contributed by atoms with E-state index in [0.29, 0.717) is 11.8 Å². The van der Waals surface area contributed by atoms with E-state index in [2.05, 4.69) is 61.4 Å². The van der Waals surface area contributed by atoms with Gasteiger partial charge in [0.05, 0.1) is 28.6 Å². The summed E-state index contributed by atoms with van der Waals surface area (Å²) in [5.74, 6) is 1.00. The van der Waals surface area contributed by atoms with E-state index in [1.807, 2.05) is 38.6 Å². The molecule has 1 fully saturated rings. The lowest BCUT2D eigenvalue weighted by Crippen LogP contribution is -2.52. The molecule has 4 aromatic heterocycles. The molecule has 1 aliphatic heterocycles. The van der Waals surface area contributed by atoms with E-state index in [0.717, 1.165) is 78.1 Å². The second-order valence-electron chi connectivity index (χ2n) is 9.90. The van der Waals surface area contributed by atoms with Crippen LogP contribution in [0.15, 0.2) is 30.9 Å². The van der Waals surface area contributed by atoms with E-state index < -0.39 is 0 Å². The fraction of sp³-hybridized carbons (Fsp3) is 0.444. The van der Waals surface area contributed by atoms with Gasteiger partial charge in [0.1, 0.15) is 0 Å². The Bertz CT molecular complexity index is 1430. The Morgan fingerprint density at radius 3 is 2.68 bits per heavy atom. The van der Waals surface area contributed by atoms with Gasteiger partial charge in [0.15, 0.2) is 5.82 Å². The van der Waals surface area contributed by atoms with Crippen molar-refractivity contribution in [3.05, 3.63) is 42.1 Å². The summed E-state index contributed by atoms with van der Waals surface area (Å²) >= 11 is 0. The smallest absolute Gasteiger partial charge is 0.242 e. The van der Waals surface area contributed by atoms with Crippen LogP contribution < -0.4 is 10.6 Å². The average Bonchev–Trinajstić information content (AvgIpc) is 3.50. The zero-order chi connectivity index (χ0) is 26.8. The molecule has 1 aliphatic rings. The molecule has 5 heterocycles. The highest BCUT2D eigenvalue weighted by Crippen LogP contribution is 2.33. The molecule has 0 saturated carbocycles. The number of fused-ring (bicyclic) bond motifs is 1. The minimum atomic E-state index is -0.187. The molecule has 0 spiro atoms. The number of pyridine rings is 1. The van der Waals surface area contributed by atoms with Gasteiger partial charge >= 0.3 is 0 Å². The number of aromatic amines is 1. The largest absolute Gasteiger partial charge is 0.357 e. The third-order valence-electron chi connectivity index (χ3n) is 7.23. The standard InChI is InChI=1S/C27H36N10O/c1-6-20-21(16-36(5)34-20)31-27-30-14-17(3)23(32-27)19-15-29-24-18(19)8-9-28-25(24)33-26(38)22(7-2)37-12-10-35(4)11-13-37/h8-9,14-16,22,29H,6-7,10-13H2,1-5H3,(H,28,33,38)(H,30,31,32). The summed E-state index contributed by atoms with van der Waals surface area (Å²) in [6, 6.07) is 1.76. The van der Waals surface area contributed by atoms with E-state index in [4.69, 9.17) is 4.98 Å². The molecule has 11 nitrogen and oxygen atoms in total. The lowest BCUT2D eigenvalue weighted by atomic mass is 10.1. The molecule has 3 N–H and O–H groups in total. The highest BCUT2D eigenvalue weighted by Gasteiger charge is 2.27. The zero-order valence-electron chi connectivity index (χ0n) is 22.7. The van der Waals surface area contributed by atoms with Crippen molar-refractivity contribution < 1.29 is 4.79 Å². The zero-order valence-corrected chi connectivity index (χ0v) is 22.7. The number of nitrogens with one attached hydrogen (secondary N) is 3. The minimum Gasteiger partial charge on any atom is -0.357 e. The SMILES string of the molecule is CCc1nn(C)cc1Nc1ncc(C)c(-c2c[nH]c3c(NC(=O)C(CC)N4CCN(C)CC4)nccc23)n1. The lowest BCUT2D eigenvalue weighted by Gasteiger charge is -2.36. The molecule has 11 heteroatoms. The first-order chi connectivity index (χ1) is 18.4. The third-order valence-corrected chi connectivity index (χ3v) is 7.23. The molecule has 38 heavy (non-hydrogen) atoms. The maximum atomic E-state index is 13.3. The van der Waals surface area contributed by atoms with Gasteiger partial charge in [-0.3, -0.25) is 14.4 Å². The van der Waals surface area contributed by atoms with Crippen LogP contribution in [0.25, 0.3) is 22.2 Å². The number of amides is 1. The first-order valence-electron chi connectivity index (χ1n) is 13.2. The summed E-state index contributed by atoms with van der Waals surface area (Å²) in [4.78, 5) is 35.0. The van der Waals surface area contributed by atoms with Gasteiger partial charge in [-0.1, -0.05) is 13.8 Å². The van der Waals surface area contributed by atoms with Crippen LogP contribution in [0.2, 0.25) is 0 Å². The molecule has 0 aliphatic carbocycles. The first-order valence-corrected chi connectivity index (χ1v) is 13.2. The molecule has 0 radical (unpaired) electrons. The number of nitrogens with zero attached hydrogens (tertiary/aromatic N) is 7. The predicted molar refractivity (Wildman–Crippen MR) is 150 cm³/mol. The van der Waals surface area contributed by atoms with Gasteiger partial charge in [0.25, 0.3) is 0 Å². The van der Waals surface area contributed by atoms with E-state index in [1.54, 1.807) is 10.9 Å². The molecule has 1 unspecified atom stereocenters. The van der Waals surface area contributed by atoms with Crippen molar-refractivity contribution in [2.75, 3.05) is 43.9 Å². The second-order valence-corrected chi connectivity index (χ2v) is 9.90. The maximum absolute atomic E-state index is 13.3. The Kier molecular flexibility index (Phi) is 7.39. The number of likely N-dealkylation sites (N-methyl/N-ethyl adjacent to an activating group) is 1. The van der Waals surface area contributed by atoms with Gasteiger partial charge < -0.3 is 20.5 Å². The van der Waals surface area contributed by atoms with E-state index >= 15 is 0 Å². The molecule has 0 bridgehead atoms. The maximum Gasteiger partial charge on any atom is 0.242 e. The molecular weight excluding hydrogens is 480 g/mol. The van der Waals surface area contributed by atoms with Gasteiger partial charge in [-0.2, -0.15) is 5.10 Å². The summed E-state index contributed by atoms with van der Waals surface area (Å²) < 4.78 is 1.78. The number of carbonyl (C=O) groups excluding carboxylic acids is 1. The Morgan fingerprint density at radius 1 is 1.16 bits per heavy atom. The quantitative estimate of drug-likeness (QED) is 0.326. The summed E-state index contributed by atoms with van der Waals surface area (Å²) in [5, 5.41) is 11.8. The van der Waals surface area contributed by atoms with E-state index in [1.165, 1.54) is 0 Å². The molecule has 5 rings (SSSR count). The fourth-order valence-corrected chi connectivity index (χ4v) is 5.08. The Hall–Kier alpha value is -3.83. The van der Waals surface area contributed by atoms with Crippen LogP contribution in [0.5, 0.6) is 0 Å². The van der Waals surface area contributed by atoms with Crippen molar-refractivity contribution in [2.45, 2.75) is 39.7 Å². The minimum absolute atomic E-state index is 0.0268. The number of rotatable bonds is 8. The summed E-state index contributed by atoms with van der Waals surface area (Å²) in [5.41, 5.74) is 5.30. The number of hydrogen-bond donors (Lipinski definition) is 3. The fourth-order valence-electron chi connectivity index (χ4n) is 5.08. The third kappa shape index (κ3) is 5.11. The number of anilines is 3. The second kappa shape index (κ2) is 10.9. The van der Waals surface area contributed by atoms with Crippen LogP contribution in [0.1, 0.15) is 31.5 Å². The van der Waals surface area contributed by atoms with Crippen molar-refractivity contribution in [3.8, 4) is 11.3 Å². The Labute approximate surface area is 222 Å². The van der Waals surface area contributed by atoms with Crippen molar-refractivity contribution in [3.63, 3.8) is 0 Å². The Balaban J connectivity index is 1.41. The highest BCUT2D eigenvalue weighted by molar-refractivity contribution is 6.05. The number of hydrogen-bond acceptors (Lipinski definition) is 8. The van der Waals surface area contributed by atoms with Crippen molar-refractivity contribution in [2.24, 2.45) is 7.05 Å². The number of carbonyl (C=O) groups is 1. The molecule has 1 atom stereocenters. The first kappa shape index (κ1) is 25.8. The number of H-pyrrole nitrogens is 1. The summed E-state index contributed by atoms with van der Waals surface area (Å²) in [6.07, 6.45) is 8.94. The Morgan fingerprint density at radius 2 is 1.95 bits per heavy atom. The molecule has 200 valence electrons. The molecule has 1 saturated heterocycles. The van der Waals surface area contributed by atoms with E-state index in [9.17, 15) is 4.79 Å². The van der Waals surface area contributed by atoms with Crippen LogP contribution in [-0.4, -0.2) is 84.7 Å². The average molecular weight is 517 g/mol. The van der Waals surface area contributed by atoms with Crippen LogP contribution in [0, 0.1) is 6.92 Å². The number of piperazine rings is 1. The molecule has 0 aromatic carbocycles. The van der Waals surface area contributed by atoms with Gasteiger partial charge in [0.2, 0.25) is 11.9 Å². The van der Waals surface area contributed by atoms with Crippen LogP contribution in [0.4, 0.5) is 17.5 Å². The monoisotopic (exact) mass is 516 g/mol. The van der Waals surface area contributed by atoms with Gasteiger partial charge in [-0.25, -0.2) is 15.0 Å². The van der Waals surface area contributed by atoms with Gasteiger partial charge in [0, 0.05) is 69.0 Å². The summed E-state index contributed by atoms with van der Waals surface area (Å²) in [6.45, 7) is 9.82. The van der Waals surface area contributed by atoms with Crippen molar-refractivity contribution >= 4 is 34.3 Å². The number of aryl methyl sites for hydroxylation is 3. The van der Waals surface area contributed by atoms with Crippen LogP contribution in [0.3, 0.4) is 0 Å². The van der Waals surface area contributed by atoms with Gasteiger partial charge in [-0.05, 0) is 38.4 Å². The summed E-state index contributed by atoms with van der Waals surface area (Å²) in [7, 11) is 4.02. The van der Waals surface area contributed by atoms with Gasteiger partial charge in [-0.15, -0.1) is 0 Å².